The predicted octanol–water partition coefficient (Wildman–Crippen LogP) is 4.08. The lowest BCUT2D eigenvalue weighted by molar-refractivity contribution is -0.122. The first-order chi connectivity index (χ1) is 13.2. The van der Waals surface area contributed by atoms with Gasteiger partial charge in [-0.1, -0.05) is 42.5 Å². The molecule has 3 aromatic rings. The fourth-order valence-corrected chi connectivity index (χ4v) is 2.57. The van der Waals surface area contributed by atoms with Gasteiger partial charge < -0.3 is 4.42 Å². The third-order valence-corrected chi connectivity index (χ3v) is 3.88. The number of carbonyl (C=O) groups is 1. The van der Waals surface area contributed by atoms with E-state index in [0.717, 1.165) is 5.56 Å². The van der Waals surface area contributed by atoms with Gasteiger partial charge in [0.25, 0.3) is 5.91 Å². The van der Waals surface area contributed by atoms with Crippen molar-refractivity contribution >= 4 is 24.0 Å². The van der Waals surface area contributed by atoms with Crippen LogP contribution in [-0.2, 0) is 4.79 Å². The molecule has 132 valence electrons. The molecular formula is C21H14FN3O2. The molecular weight excluding hydrogens is 345 g/mol. The number of benzene rings is 2. The standard InChI is InChI=1S/C21H14FN3O2/c22-17-10-8-15(9-11-17)14-23-25-20(16-5-2-1-3-6-16)24-19(21(25)26)13-18-7-4-12-27-18/h1-14H/b19-13-,23-14+. The Balaban J connectivity index is 1.71. The Kier molecular flexibility index (Phi) is 4.45. The van der Waals surface area contributed by atoms with Gasteiger partial charge in [0.1, 0.15) is 17.3 Å². The van der Waals surface area contributed by atoms with Crippen molar-refractivity contribution in [3.8, 4) is 0 Å². The van der Waals surface area contributed by atoms with Crippen molar-refractivity contribution in [2.75, 3.05) is 0 Å². The maximum atomic E-state index is 13.1. The molecule has 1 amide bonds. The van der Waals surface area contributed by atoms with E-state index in [1.54, 1.807) is 30.3 Å². The van der Waals surface area contributed by atoms with E-state index in [1.807, 2.05) is 30.3 Å². The van der Waals surface area contributed by atoms with Crippen LogP contribution in [0.2, 0.25) is 0 Å². The molecule has 0 aliphatic carbocycles. The van der Waals surface area contributed by atoms with E-state index in [0.29, 0.717) is 17.2 Å². The Hall–Kier alpha value is -3.80. The highest BCUT2D eigenvalue weighted by atomic mass is 19.1. The molecule has 0 spiro atoms. The van der Waals surface area contributed by atoms with Crippen LogP contribution in [0.4, 0.5) is 4.39 Å². The largest absolute Gasteiger partial charge is 0.465 e. The first-order valence-electron chi connectivity index (χ1n) is 8.24. The number of amidine groups is 1. The molecule has 1 aliphatic rings. The topological polar surface area (TPSA) is 58.2 Å². The fraction of sp³-hybridized carbons (Fsp3) is 0. The first-order valence-corrected chi connectivity index (χ1v) is 8.24. The second-order valence-corrected chi connectivity index (χ2v) is 5.76. The third-order valence-electron chi connectivity index (χ3n) is 3.88. The summed E-state index contributed by atoms with van der Waals surface area (Å²) in [5.74, 6) is 0.235. The summed E-state index contributed by atoms with van der Waals surface area (Å²) in [7, 11) is 0. The second-order valence-electron chi connectivity index (χ2n) is 5.76. The average Bonchev–Trinajstić information content (AvgIpc) is 3.31. The monoisotopic (exact) mass is 359 g/mol. The minimum absolute atomic E-state index is 0.222. The summed E-state index contributed by atoms with van der Waals surface area (Å²) in [6.45, 7) is 0. The highest BCUT2D eigenvalue weighted by molar-refractivity contribution is 6.19. The molecule has 0 radical (unpaired) electrons. The molecule has 0 fully saturated rings. The van der Waals surface area contributed by atoms with Crippen LogP contribution in [0.1, 0.15) is 16.9 Å². The summed E-state index contributed by atoms with van der Waals surface area (Å²) in [6, 6.07) is 18.6. The van der Waals surface area contributed by atoms with E-state index >= 15 is 0 Å². The average molecular weight is 359 g/mol. The van der Waals surface area contributed by atoms with Gasteiger partial charge in [-0.25, -0.2) is 9.38 Å². The molecule has 1 aromatic heterocycles. The van der Waals surface area contributed by atoms with Crippen LogP contribution in [-0.4, -0.2) is 23.0 Å². The highest BCUT2D eigenvalue weighted by Crippen LogP contribution is 2.22. The highest BCUT2D eigenvalue weighted by Gasteiger charge is 2.31. The van der Waals surface area contributed by atoms with E-state index in [1.165, 1.54) is 29.6 Å². The minimum atomic E-state index is -0.372. The molecule has 0 N–H and O–H groups in total. The Morgan fingerprint density at radius 3 is 2.48 bits per heavy atom. The Bertz CT molecular complexity index is 1040. The van der Waals surface area contributed by atoms with Gasteiger partial charge in [0.15, 0.2) is 5.84 Å². The summed E-state index contributed by atoms with van der Waals surface area (Å²) in [6.07, 6.45) is 4.59. The third kappa shape index (κ3) is 3.59. The van der Waals surface area contributed by atoms with Crippen LogP contribution in [0.3, 0.4) is 0 Å². The second kappa shape index (κ2) is 7.21. The quantitative estimate of drug-likeness (QED) is 0.520. The maximum Gasteiger partial charge on any atom is 0.298 e. The molecule has 2 heterocycles. The lowest BCUT2D eigenvalue weighted by Crippen LogP contribution is -2.27. The number of rotatable bonds is 4. The lowest BCUT2D eigenvalue weighted by Gasteiger charge is -2.11. The molecule has 0 atom stereocenters. The van der Waals surface area contributed by atoms with Crippen LogP contribution in [0, 0.1) is 5.82 Å². The number of aliphatic imine (C=N–C) groups is 1. The number of furan rings is 1. The Labute approximate surface area is 154 Å². The van der Waals surface area contributed by atoms with E-state index < -0.39 is 0 Å². The zero-order valence-electron chi connectivity index (χ0n) is 14.1. The van der Waals surface area contributed by atoms with Crippen molar-refractivity contribution in [2.24, 2.45) is 10.1 Å². The van der Waals surface area contributed by atoms with Crippen molar-refractivity contribution in [1.82, 2.24) is 5.01 Å². The smallest absolute Gasteiger partial charge is 0.298 e. The van der Waals surface area contributed by atoms with Gasteiger partial charge in [-0.05, 0) is 29.8 Å². The molecule has 0 bridgehead atoms. The molecule has 1 aliphatic heterocycles. The summed E-state index contributed by atoms with van der Waals surface area (Å²) >= 11 is 0. The number of amides is 1. The minimum Gasteiger partial charge on any atom is -0.465 e. The Morgan fingerprint density at radius 2 is 1.78 bits per heavy atom. The zero-order chi connectivity index (χ0) is 18.6. The Morgan fingerprint density at radius 1 is 1.00 bits per heavy atom. The van der Waals surface area contributed by atoms with Gasteiger partial charge in [0, 0.05) is 11.6 Å². The number of nitrogens with zero attached hydrogens (tertiary/aromatic N) is 3. The van der Waals surface area contributed by atoms with Crippen LogP contribution in [0.5, 0.6) is 0 Å². The van der Waals surface area contributed by atoms with Crippen molar-refractivity contribution in [2.45, 2.75) is 0 Å². The van der Waals surface area contributed by atoms with Gasteiger partial charge in [0.2, 0.25) is 0 Å². The van der Waals surface area contributed by atoms with Gasteiger partial charge in [-0.3, -0.25) is 4.79 Å². The normalized spacial score (nSPS) is 15.7. The van der Waals surface area contributed by atoms with Gasteiger partial charge in [0.05, 0.1) is 12.5 Å². The van der Waals surface area contributed by atoms with E-state index in [2.05, 4.69) is 10.1 Å². The van der Waals surface area contributed by atoms with Crippen LogP contribution >= 0.6 is 0 Å². The summed E-state index contributed by atoms with van der Waals surface area (Å²) in [4.78, 5) is 17.3. The van der Waals surface area contributed by atoms with Crippen LogP contribution in [0.25, 0.3) is 6.08 Å². The van der Waals surface area contributed by atoms with E-state index in [9.17, 15) is 9.18 Å². The molecule has 6 heteroatoms. The van der Waals surface area contributed by atoms with E-state index in [-0.39, 0.29) is 17.4 Å². The summed E-state index contributed by atoms with van der Waals surface area (Å²) in [5.41, 5.74) is 1.64. The van der Waals surface area contributed by atoms with Gasteiger partial charge >= 0.3 is 0 Å². The lowest BCUT2D eigenvalue weighted by atomic mass is 10.2. The van der Waals surface area contributed by atoms with Crippen LogP contribution < -0.4 is 0 Å². The number of hydrazone groups is 1. The van der Waals surface area contributed by atoms with Crippen LogP contribution in [0.15, 0.2) is 93.2 Å². The number of hydrogen-bond donors (Lipinski definition) is 0. The molecule has 0 unspecified atom stereocenters. The van der Waals surface area contributed by atoms with E-state index in [4.69, 9.17) is 4.42 Å². The number of halogens is 1. The molecule has 5 nitrogen and oxygen atoms in total. The first kappa shape index (κ1) is 16.7. The molecule has 27 heavy (non-hydrogen) atoms. The maximum absolute atomic E-state index is 13.1. The zero-order valence-corrected chi connectivity index (χ0v) is 14.1. The molecule has 4 rings (SSSR count). The molecule has 0 saturated heterocycles. The summed E-state index contributed by atoms with van der Waals surface area (Å²) in [5, 5.41) is 5.51. The van der Waals surface area contributed by atoms with Gasteiger partial charge in [-0.2, -0.15) is 10.1 Å². The van der Waals surface area contributed by atoms with Crippen molar-refractivity contribution in [3.05, 3.63) is 101 Å². The molecule has 2 aromatic carbocycles. The van der Waals surface area contributed by atoms with Crippen molar-refractivity contribution in [3.63, 3.8) is 0 Å². The fourth-order valence-electron chi connectivity index (χ4n) is 2.57. The van der Waals surface area contributed by atoms with Crippen molar-refractivity contribution in [1.29, 1.82) is 0 Å². The SMILES string of the molecule is O=C1/C(=C/c2ccco2)N=C(c2ccccc2)N1/N=C/c1ccc(F)cc1. The number of carbonyl (C=O) groups excluding carboxylic acids is 1. The van der Waals surface area contributed by atoms with Crippen molar-refractivity contribution < 1.29 is 13.6 Å². The summed E-state index contributed by atoms with van der Waals surface area (Å²) < 4.78 is 18.3. The molecule has 0 saturated carbocycles. The number of hydrogen-bond acceptors (Lipinski definition) is 4. The predicted molar refractivity (Wildman–Crippen MR) is 101 cm³/mol. The van der Waals surface area contributed by atoms with Gasteiger partial charge in [-0.15, -0.1) is 0 Å².